The number of morpholine rings is 1. The molecular formula is C27H35IN4O3. The van der Waals surface area contributed by atoms with E-state index in [0.29, 0.717) is 11.3 Å². The number of nitrogens with two attached hydrogens (primary N) is 1. The van der Waals surface area contributed by atoms with Gasteiger partial charge in [0.05, 0.1) is 46.4 Å². The Hall–Kier alpha value is -2.14. The lowest BCUT2D eigenvalue weighted by molar-refractivity contribution is 0.0364. The number of ether oxygens (including phenoxy) is 2. The third kappa shape index (κ3) is 6.35. The molecule has 0 amide bonds. The number of aliphatic hydroxyl groups excluding tert-OH is 1. The highest BCUT2D eigenvalue weighted by atomic mass is 127. The lowest BCUT2D eigenvalue weighted by Crippen LogP contribution is -2.38. The van der Waals surface area contributed by atoms with Gasteiger partial charge in [0.15, 0.2) is 0 Å². The van der Waals surface area contributed by atoms with Crippen molar-refractivity contribution in [2.45, 2.75) is 36.8 Å². The standard InChI is InChI=1S/C27H35IN4O3/c1-19(33)26(27(2,28)29)23-10-11-25-24(30-23)18-21(7-4-20-5-8-22(34-3)9-6-20)32(25)13-12-31-14-16-35-17-15-31/h5-6,8-11,18,33H,4,7,12-17,29H2,1-3H3/b26-19-. The number of alkyl halides is 1. The normalized spacial score (nSPS) is 17.3. The van der Waals surface area contributed by atoms with Crippen LogP contribution in [0.3, 0.4) is 0 Å². The second-order valence-electron chi connectivity index (χ2n) is 9.23. The minimum absolute atomic E-state index is 0.197. The molecule has 3 aromatic rings. The molecule has 1 unspecified atom stereocenters. The van der Waals surface area contributed by atoms with E-state index in [1.807, 2.05) is 25.1 Å². The van der Waals surface area contributed by atoms with Crippen LogP contribution in [0.4, 0.5) is 0 Å². The summed E-state index contributed by atoms with van der Waals surface area (Å²) in [6.07, 6.45) is 1.84. The van der Waals surface area contributed by atoms with Gasteiger partial charge in [-0.15, -0.1) is 0 Å². The average molecular weight is 591 g/mol. The Morgan fingerprint density at radius 1 is 1.14 bits per heavy atom. The first-order valence-electron chi connectivity index (χ1n) is 12.1. The Bertz CT molecular complexity index is 1170. The monoisotopic (exact) mass is 590 g/mol. The number of aromatic nitrogens is 2. The highest BCUT2D eigenvalue weighted by molar-refractivity contribution is 14.1. The SMILES string of the molecule is COc1ccc(CCc2cc3nc(/C(=C(\C)O)C(C)(N)I)ccc3n2CCN2CCOCC2)cc1. The largest absolute Gasteiger partial charge is 0.512 e. The second kappa shape index (κ2) is 11.3. The molecule has 3 N–H and O–H groups in total. The summed E-state index contributed by atoms with van der Waals surface area (Å²) in [6, 6.07) is 14.5. The van der Waals surface area contributed by atoms with Crippen LogP contribution >= 0.6 is 22.6 Å². The Morgan fingerprint density at radius 3 is 2.49 bits per heavy atom. The van der Waals surface area contributed by atoms with Crippen LogP contribution in [-0.4, -0.2) is 63.1 Å². The Labute approximate surface area is 221 Å². The number of allylic oxidation sites excluding steroid dienone is 1. The van der Waals surface area contributed by atoms with Crippen LogP contribution in [0.1, 0.15) is 30.8 Å². The van der Waals surface area contributed by atoms with Crippen LogP contribution in [0.15, 0.2) is 48.2 Å². The van der Waals surface area contributed by atoms with E-state index in [1.165, 1.54) is 11.3 Å². The molecule has 0 aliphatic carbocycles. The molecule has 1 aromatic carbocycles. The van der Waals surface area contributed by atoms with Crippen LogP contribution in [-0.2, 0) is 24.1 Å². The van der Waals surface area contributed by atoms with E-state index in [9.17, 15) is 5.11 Å². The van der Waals surface area contributed by atoms with Crippen molar-refractivity contribution in [3.8, 4) is 5.75 Å². The molecule has 1 atom stereocenters. The van der Waals surface area contributed by atoms with Crippen molar-refractivity contribution in [3.63, 3.8) is 0 Å². The summed E-state index contributed by atoms with van der Waals surface area (Å²) in [6.45, 7) is 8.94. The van der Waals surface area contributed by atoms with Gasteiger partial charge < -0.3 is 24.9 Å². The third-order valence-corrected chi connectivity index (χ3v) is 7.06. The molecule has 1 aliphatic heterocycles. The van der Waals surface area contributed by atoms with E-state index < -0.39 is 3.55 Å². The number of methoxy groups -OCH3 is 1. The van der Waals surface area contributed by atoms with E-state index in [1.54, 1.807) is 14.0 Å². The van der Waals surface area contributed by atoms with Gasteiger partial charge in [-0.05, 0) is 62.6 Å². The Kier molecular flexibility index (Phi) is 8.36. The lowest BCUT2D eigenvalue weighted by Gasteiger charge is -2.27. The zero-order chi connectivity index (χ0) is 25.0. The number of nitrogens with zero attached hydrogens (tertiary/aromatic N) is 3. The van der Waals surface area contributed by atoms with Gasteiger partial charge in [0.2, 0.25) is 0 Å². The summed E-state index contributed by atoms with van der Waals surface area (Å²) >= 11 is 2.15. The topological polar surface area (TPSA) is 85.8 Å². The summed E-state index contributed by atoms with van der Waals surface area (Å²) in [5.74, 6) is 1.07. The number of halogens is 1. The Morgan fingerprint density at radius 2 is 1.86 bits per heavy atom. The van der Waals surface area contributed by atoms with Gasteiger partial charge in [-0.25, -0.2) is 4.98 Å². The van der Waals surface area contributed by atoms with E-state index in [0.717, 1.165) is 69.0 Å². The van der Waals surface area contributed by atoms with E-state index >= 15 is 0 Å². The van der Waals surface area contributed by atoms with Crippen LogP contribution in [0, 0.1) is 0 Å². The minimum Gasteiger partial charge on any atom is -0.512 e. The highest BCUT2D eigenvalue weighted by Crippen LogP contribution is 2.33. The van der Waals surface area contributed by atoms with E-state index in [4.69, 9.17) is 20.2 Å². The van der Waals surface area contributed by atoms with E-state index in [-0.39, 0.29) is 5.76 Å². The summed E-state index contributed by atoms with van der Waals surface area (Å²) in [5.41, 5.74) is 12.3. The van der Waals surface area contributed by atoms with Gasteiger partial charge in [0.1, 0.15) is 5.75 Å². The maximum absolute atomic E-state index is 10.3. The molecule has 1 fully saturated rings. The number of hydrogen-bond acceptors (Lipinski definition) is 6. The first-order valence-corrected chi connectivity index (χ1v) is 13.1. The van der Waals surface area contributed by atoms with Crippen molar-refractivity contribution < 1.29 is 14.6 Å². The van der Waals surface area contributed by atoms with Crippen molar-refractivity contribution in [3.05, 3.63) is 65.2 Å². The number of aliphatic hydroxyl groups is 1. The van der Waals surface area contributed by atoms with Crippen LogP contribution < -0.4 is 10.5 Å². The van der Waals surface area contributed by atoms with Crippen molar-refractivity contribution in [2.75, 3.05) is 40.0 Å². The van der Waals surface area contributed by atoms with Gasteiger partial charge in [-0.2, -0.15) is 0 Å². The van der Waals surface area contributed by atoms with Gasteiger partial charge >= 0.3 is 0 Å². The molecule has 0 saturated carbocycles. The predicted molar refractivity (Wildman–Crippen MR) is 149 cm³/mol. The number of rotatable bonds is 9. The molecule has 4 rings (SSSR count). The van der Waals surface area contributed by atoms with E-state index in [2.05, 4.69) is 56.3 Å². The predicted octanol–water partition coefficient (Wildman–Crippen LogP) is 4.56. The van der Waals surface area contributed by atoms with Gasteiger partial charge in [-0.3, -0.25) is 4.90 Å². The molecule has 1 aliphatic rings. The maximum atomic E-state index is 10.3. The molecule has 0 bridgehead atoms. The molecule has 3 heterocycles. The fourth-order valence-corrected chi connectivity index (χ4v) is 5.39. The molecule has 1 saturated heterocycles. The van der Waals surface area contributed by atoms with Gasteiger partial charge in [-0.1, -0.05) is 34.7 Å². The molecule has 0 radical (unpaired) electrons. The molecule has 188 valence electrons. The van der Waals surface area contributed by atoms with Crippen LogP contribution in [0.2, 0.25) is 0 Å². The molecule has 2 aromatic heterocycles. The summed E-state index contributed by atoms with van der Waals surface area (Å²) in [5, 5.41) is 10.3. The number of aryl methyl sites for hydroxylation is 2. The number of pyridine rings is 1. The fraction of sp³-hybridized carbons (Fsp3) is 0.444. The third-order valence-electron chi connectivity index (χ3n) is 6.52. The minimum atomic E-state index is -0.729. The second-order valence-corrected chi connectivity index (χ2v) is 11.5. The van der Waals surface area contributed by atoms with Crippen LogP contribution in [0.25, 0.3) is 16.6 Å². The van der Waals surface area contributed by atoms with Gasteiger partial charge in [0.25, 0.3) is 0 Å². The first-order chi connectivity index (χ1) is 16.8. The molecule has 0 spiro atoms. The molecule has 8 heteroatoms. The number of hydrogen-bond donors (Lipinski definition) is 2. The smallest absolute Gasteiger partial charge is 0.118 e. The molecule has 7 nitrogen and oxygen atoms in total. The first kappa shape index (κ1) is 25.9. The number of benzene rings is 1. The van der Waals surface area contributed by atoms with Crippen molar-refractivity contribution in [1.29, 1.82) is 0 Å². The molecule has 35 heavy (non-hydrogen) atoms. The highest BCUT2D eigenvalue weighted by Gasteiger charge is 2.26. The summed E-state index contributed by atoms with van der Waals surface area (Å²) < 4.78 is 12.5. The zero-order valence-corrected chi connectivity index (χ0v) is 22.9. The lowest BCUT2D eigenvalue weighted by atomic mass is 10.0. The number of fused-ring (bicyclic) bond motifs is 1. The summed E-state index contributed by atoms with van der Waals surface area (Å²) in [4.78, 5) is 7.40. The summed E-state index contributed by atoms with van der Waals surface area (Å²) in [7, 11) is 1.69. The maximum Gasteiger partial charge on any atom is 0.118 e. The molecular weight excluding hydrogens is 555 g/mol. The van der Waals surface area contributed by atoms with Crippen molar-refractivity contribution >= 4 is 39.2 Å². The van der Waals surface area contributed by atoms with Gasteiger partial charge in [0, 0.05) is 37.4 Å². The zero-order valence-electron chi connectivity index (χ0n) is 20.8. The quantitative estimate of drug-likeness (QED) is 0.165. The van der Waals surface area contributed by atoms with Crippen molar-refractivity contribution in [1.82, 2.24) is 14.5 Å². The average Bonchev–Trinajstić information content (AvgIpc) is 3.18. The van der Waals surface area contributed by atoms with Crippen LogP contribution in [0.5, 0.6) is 5.75 Å². The van der Waals surface area contributed by atoms with Crippen molar-refractivity contribution in [2.24, 2.45) is 5.73 Å². The Balaban J connectivity index is 1.65. The fourth-order valence-electron chi connectivity index (χ4n) is 4.72.